The van der Waals surface area contributed by atoms with E-state index in [4.69, 9.17) is 25.8 Å². The number of benzene rings is 2. The van der Waals surface area contributed by atoms with Crippen molar-refractivity contribution in [2.24, 2.45) is 5.92 Å². The van der Waals surface area contributed by atoms with Crippen LogP contribution in [0, 0.1) is 5.92 Å². The maximum absolute atomic E-state index is 13.5. The van der Waals surface area contributed by atoms with Crippen molar-refractivity contribution < 1.29 is 33.7 Å². The molecule has 10 heteroatoms. The fraction of sp³-hybridized carbons (Fsp3) is 0.483. The number of carboxylic acids is 1. The van der Waals surface area contributed by atoms with Gasteiger partial charge in [0.25, 0.3) is 5.91 Å². The highest BCUT2D eigenvalue weighted by Gasteiger charge is 2.38. The summed E-state index contributed by atoms with van der Waals surface area (Å²) >= 11 is 6.39. The highest BCUT2D eigenvalue weighted by molar-refractivity contribution is 6.30. The molecule has 2 aromatic rings. The second kappa shape index (κ2) is 13.2. The van der Waals surface area contributed by atoms with Gasteiger partial charge in [0.1, 0.15) is 23.6 Å². The molecule has 0 spiro atoms. The number of amides is 2. The monoisotopic (exact) mass is 560 g/mol. The molecule has 2 unspecified atom stereocenters. The number of aliphatic carboxylic acids is 1. The van der Waals surface area contributed by atoms with E-state index in [1.54, 1.807) is 49.9 Å². The van der Waals surface area contributed by atoms with Gasteiger partial charge in [0.05, 0.1) is 13.0 Å². The Hall–Kier alpha value is -3.30. The number of nitrogens with zero attached hydrogens (tertiary/aromatic N) is 1. The molecule has 2 aromatic carbocycles. The number of rotatable bonds is 10. The van der Waals surface area contributed by atoms with Gasteiger partial charge in [0.2, 0.25) is 0 Å². The normalized spacial score (nSPS) is 17.4. The third-order valence-corrected chi connectivity index (χ3v) is 6.00. The molecule has 3 rings (SSSR count). The molecule has 1 aliphatic rings. The number of ether oxygens (including phenoxy) is 3. The van der Waals surface area contributed by atoms with Gasteiger partial charge in [0.15, 0.2) is 0 Å². The van der Waals surface area contributed by atoms with Crippen LogP contribution in [0.25, 0.3) is 0 Å². The largest absolute Gasteiger partial charge is 0.493 e. The Bertz CT molecular complexity index is 1180. The van der Waals surface area contributed by atoms with Gasteiger partial charge in [-0.25, -0.2) is 4.79 Å². The number of hydrogen-bond acceptors (Lipinski definition) is 6. The molecular weight excluding hydrogens is 524 g/mol. The van der Waals surface area contributed by atoms with Gasteiger partial charge in [-0.05, 0) is 57.4 Å². The van der Waals surface area contributed by atoms with Gasteiger partial charge < -0.3 is 29.5 Å². The van der Waals surface area contributed by atoms with E-state index in [2.05, 4.69) is 5.32 Å². The van der Waals surface area contributed by atoms with E-state index in [1.165, 1.54) is 0 Å². The molecule has 1 heterocycles. The second-order valence-electron chi connectivity index (χ2n) is 10.8. The van der Waals surface area contributed by atoms with Crippen LogP contribution in [0.5, 0.6) is 5.75 Å². The molecule has 39 heavy (non-hydrogen) atoms. The lowest BCUT2D eigenvalue weighted by molar-refractivity contribution is -0.147. The van der Waals surface area contributed by atoms with Gasteiger partial charge in [-0.1, -0.05) is 43.6 Å². The number of carboxylic acid groups (broad SMARTS) is 1. The first-order valence-electron chi connectivity index (χ1n) is 13.0. The molecule has 2 atom stereocenters. The molecule has 9 nitrogen and oxygen atoms in total. The van der Waals surface area contributed by atoms with E-state index in [1.807, 2.05) is 32.0 Å². The van der Waals surface area contributed by atoms with Crippen LogP contribution in [0.15, 0.2) is 42.5 Å². The number of fused-ring (bicyclic) bond motifs is 1. The summed E-state index contributed by atoms with van der Waals surface area (Å²) in [5, 5.41) is 12.7. The Labute approximate surface area is 234 Å². The number of nitrogens with one attached hydrogen (secondary N) is 1. The summed E-state index contributed by atoms with van der Waals surface area (Å²) in [5.74, 6) is -0.902. The third-order valence-electron chi connectivity index (χ3n) is 5.76. The van der Waals surface area contributed by atoms with Crippen LogP contribution in [0.3, 0.4) is 0 Å². The average molecular weight is 561 g/mol. The number of halogens is 1. The van der Waals surface area contributed by atoms with E-state index < -0.39 is 42.2 Å². The summed E-state index contributed by atoms with van der Waals surface area (Å²) in [6.07, 6.45) is -2.47. The minimum atomic E-state index is -1.21. The van der Waals surface area contributed by atoms with Gasteiger partial charge >= 0.3 is 12.1 Å². The first-order valence-corrected chi connectivity index (χ1v) is 13.4. The Kier molecular flexibility index (Phi) is 10.2. The molecule has 0 radical (unpaired) electrons. The molecule has 0 fully saturated rings. The molecule has 212 valence electrons. The van der Waals surface area contributed by atoms with Crippen molar-refractivity contribution in [3.05, 3.63) is 58.6 Å². The average Bonchev–Trinajstić information content (AvgIpc) is 2.93. The Balaban J connectivity index is 1.88. The fourth-order valence-electron chi connectivity index (χ4n) is 4.25. The van der Waals surface area contributed by atoms with Gasteiger partial charge in [-0.2, -0.15) is 0 Å². The van der Waals surface area contributed by atoms with Crippen LogP contribution in [-0.2, 0) is 19.1 Å². The maximum atomic E-state index is 13.5. The molecule has 0 aliphatic carbocycles. The summed E-state index contributed by atoms with van der Waals surface area (Å²) in [4.78, 5) is 38.7. The van der Waals surface area contributed by atoms with Crippen molar-refractivity contribution in [2.45, 2.75) is 65.3 Å². The quantitative estimate of drug-likeness (QED) is 0.364. The molecule has 0 bridgehead atoms. The van der Waals surface area contributed by atoms with Crippen molar-refractivity contribution in [2.75, 3.05) is 24.6 Å². The van der Waals surface area contributed by atoms with Gasteiger partial charge in [-0.15, -0.1) is 0 Å². The van der Waals surface area contributed by atoms with E-state index >= 15 is 0 Å². The van der Waals surface area contributed by atoms with Crippen LogP contribution in [0.2, 0.25) is 5.02 Å². The van der Waals surface area contributed by atoms with Crippen LogP contribution in [-0.4, -0.2) is 54.5 Å². The SMILES string of the molecule is CC(C)CN1C(=O)C(CC(=O)O)OC(c2ccccc2OCCCNC(=O)OC(C)(C)C)c2cc(Cl)ccc21. The zero-order valence-electron chi connectivity index (χ0n) is 23.0. The predicted octanol–water partition coefficient (Wildman–Crippen LogP) is 5.59. The van der Waals surface area contributed by atoms with Crippen molar-refractivity contribution in [3.8, 4) is 5.75 Å². The molecule has 0 aromatic heterocycles. The molecular formula is C29H37ClN2O7. The smallest absolute Gasteiger partial charge is 0.407 e. The van der Waals surface area contributed by atoms with E-state index in [-0.39, 0.29) is 5.92 Å². The summed E-state index contributed by atoms with van der Waals surface area (Å²) in [6.45, 7) is 10.4. The Morgan fingerprint density at radius 1 is 1.15 bits per heavy atom. The summed E-state index contributed by atoms with van der Waals surface area (Å²) < 4.78 is 17.6. The predicted molar refractivity (Wildman–Crippen MR) is 148 cm³/mol. The summed E-state index contributed by atoms with van der Waals surface area (Å²) in [7, 11) is 0. The Morgan fingerprint density at radius 3 is 2.54 bits per heavy atom. The molecule has 1 aliphatic heterocycles. The minimum Gasteiger partial charge on any atom is -0.493 e. The number of anilines is 1. The van der Waals surface area contributed by atoms with Gasteiger partial charge in [-0.3, -0.25) is 9.59 Å². The molecule has 2 N–H and O–H groups in total. The lowest BCUT2D eigenvalue weighted by Crippen LogP contribution is -2.42. The van der Waals surface area contributed by atoms with Crippen LogP contribution < -0.4 is 15.0 Å². The van der Waals surface area contributed by atoms with Crippen LogP contribution >= 0.6 is 11.6 Å². The van der Waals surface area contributed by atoms with E-state index in [9.17, 15) is 19.5 Å². The number of carbonyl (C=O) groups is 3. The summed E-state index contributed by atoms with van der Waals surface area (Å²) in [5.41, 5.74) is 1.32. The van der Waals surface area contributed by atoms with Crippen LogP contribution in [0.1, 0.15) is 64.7 Å². The van der Waals surface area contributed by atoms with Crippen molar-refractivity contribution in [3.63, 3.8) is 0 Å². The highest BCUT2D eigenvalue weighted by atomic mass is 35.5. The lowest BCUT2D eigenvalue weighted by atomic mass is 9.98. The minimum absolute atomic E-state index is 0.129. The lowest BCUT2D eigenvalue weighted by Gasteiger charge is -2.26. The zero-order valence-corrected chi connectivity index (χ0v) is 23.8. The zero-order chi connectivity index (χ0) is 28.7. The second-order valence-corrected chi connectivity index (χ2v) is 11.3. The maximum Gasteiger partial charge on any atom is 0.407 e. The van der Waals surface area contributed by atoms with Crippen molar-refractivity contribution in [1.82, 2.24) is 5.32 Å². The number of carbonyl (C=O) groups excluding carboxylic acids is 2. The summed E-state index contributed by atoms with van der Waals surface area (Å²) in [6, 6.07) is 12.5. The van der Waals surface area contributed by atoms with Gasteiger partial charge in [0, 0.05) is 34.9 Å². The number of hydrogen-bond donors (Lipinski definition) is 2. The van der Waals surface area contributed by atoms with Crippen molar-refractivity contribution >= 4 is 35.3 Å². The van der Waals surface area contributed by atoms with Crippen molar-refractivity contribution in [1.29, 1.82) is 0 Å². The molecule has 2 amide bonds. The highest BCUT2D eigenvalue weighted by Crippen LogP contribution is 2.42. The molecule has 0 saturated carbocycles. The Morgan fingerprint density at radius 2 is 1.87 bits per heavy atom. The number of alkyl carbamates (subject to hydrolysis) is 1. The number of para-hydroxylation sites is 1. The standard InChI is InChI=1S/C29H37ClN2O7/c1-18(2)17-32-22-12-11-19(30)15-21(22)26(38-24(27(32)35)16-25(33)34)20-9-6-7-10-23(20)37-14-8-13-31-28(36)39-29(3,4)5/h6-7,9-12,15,18,24,26H,8,13-14,16-17H2,1-5H3,(H,31,36)(H,33,34). The van der Waals surface area contributed by atoms with Crippen LogP contribution in [0.4, 0.5) is 10.5 Å². The third kappa shape index (κ3) is 8.60. The topological polar surface area (TPSA) is 114 Å². The molecule has 0 saturated heterocycles. The fourth-order valence-corrected chi connectivity index (χ4v) is 4.43. The first kappa shape index (κ1) is 30.2. The first-order chi connectivity index (χ1) is 18.4. The van der Waals surface area contributed by atoms with E-state index in [0.29, 0.717) is 53.7 Å². The van der Waals surface area contributed by atoms with E-state index in [0.717, 1.165) is 0 Å².